The van der Waals surface area contributed by atoms with Crippen LogP contribution in [0.5, 0.6) is 0 Å². The van der Waals surface area contributed by atoms with E-state index in [0.29, 0.717) is 24.2 Å². The Balaban J connectivity index is 1.37. The fraction of sp³-hybridized carbons (Fsp3) is 0.500. The second-order valence-electron chi connectivity index (χ2n) is 7.86. The van der Waals surface area contributed by atoms with Crippen molar-refractivity contribution in [3.05, 3.63) is 24.3 Å². The molecular formula is C20H24N4O4. The summed E-state index contributed by atoms with van der Waals surface area (Å²) in [5.74, 6) is -0.689. The average Bonchev–Trinajstić information content (AvgIpc) is 3.49. The Morgan fingerprint density at radius 1 is 1.07 bits per heavy atom. The average molecular weight is 384 g/mol. The molecule has 1 aromatic carbocycles. The maximum absolute atomic E-state index is 12.7. The van der Waals surface area contributed by atoms with Crippen LogP contribution in [0.2, 0.25) is 0 Å². The lowest BCUT2D eigenvalue weighted by molar-refractivity contribution is -0.134. The molecule has 8 nitrogen and oxygen atoms in total. The summed E-state index contributed by atoms with van der Waals surface area (Å²) in [6, 6.07) is 6.32. The quantitative estimate of drug-likeness (QED) is 0.677. The molecule has 1 heterocycles. The number of rotatable bonds is 5. The number of nitrogens with zero attached hydrogens (tertiary/aromatic N) is 1. The molecule has 0 atom stereocenters. The molecule has 2 saturated carbocycles. The van der Waals surface area contributed by atoms with Gasteiger partial charge in [-0.05, 0) is 43.9 Å². The standard InChI is InChI=1S/C20H24N4O4/c25-16(12-24-18(27)20(23-19(24)28)9-2-1-3-10-20)21-14-5-4-6-15(11-14)22-17(26)13-7-8-13/h4-6,11,13H,1-3,7-10,12H2,(H,21,25)(H,22,26)(H,23,28). The molecule has 2 aliphatic carbocycles. The lowest BCUT2D eigenvalue weighted by atomic mass is 9.82. The second kappa shape index (κ2) is 7.26. The zero-order valence-corrected chi connectivity index (χ0v) is 15.6. The van der Waals surface area contributed by atoms with E-state index in [-0.39, 0.29) is 24.3 Å². The lowest BCUT2D eigenvalue weighted by Crippen LogP contribution is -2.48. The highest BCUT2D eigenvalue weighted by molar-refractivity contribution is 6.10. The molecule has 3 N–H and O–H groups in total. The van der Waals surface area contributed by atoms with Crippen molar-refractivity contribution in [2.45, 2.75) is 50.5 Å². The van der Waals surface area contributed by atoms with Gasteiger partial charge in [0.2, 0.25) is 11.8 Å². The highest BCUT2D eigenvalue weighted by Gasteiger charge is 2.51. The van der Waals surface area contributed by atoms with Crippen molar-refractivity contribution in [3.8, 4) is 0 Å². The van der Waals surface area contributed by atoms with Crippen LogP contribution >= 0.6 is 0 Å². The van der Waals surface area contributed by atoms with Gasteiger partial charge in [0.1, 0.15) is 12.1 Å². The van der Waals surface area contributed by atoms with Crippen molar-refractivity contribution in [1.82, 2.24) is 10.2 Å². The number of anilines is 2. The predicted octanol–water partition coefficient (Wildman–Crippen LogP) is 2.23. The maximum Gasteiger partial charge on any atom is 0.325 e. The summed E-state index contributed by atoms with van der Waals surface area (Å²) in [6.07, 6.45) is 5.91. The minimum Gasteiger partial charge on any atom is -0.326 e. The minimum atomic E-state index is -0.831. The van der Waals surface area contributed by atoms with Gasteiger partial charge >= 0.3 is 6.03 Å². The summed E-state index contributed by atoms with van der Waals surface area (Å²) in [5, 5.41) is 8.32. The van der Waals surface area contributed by atoms with Gasteiger partial charge in [0.05, 0.1) is 0 Å². The lowest BCUT2D eigenvalue weighted by Gasteiger charge is -2.30. The summed E-state index contributed by atoms with van der Waals surface area (Å²) < 4.78 is 0. The van der Waals surface area contributed by atoms with Gasteiger partial charge in [-0.15, -0.1) is 0 Å². The van der Waals surface area contributed by atoms with Crippen LogP contribution in [-0.2, 0) is 14.4 Å². The Hall–Kier alpha value is -2.90. The van der Waals surface area contributed by atoms with Crippen LogP contribution in [0.15, 0.2) is 24.3 Å². The van der Waals surface area contributed by atoms with Gasteiger partial charge in [0, 0.05) is 17.3 Å². The van der Waals surface area contributed by atoms with E-state index in [2.05, 4.69) is 16.0 Å². The highest BCUT2D eigenvalue weighted by Crippen LogP contribution is 2.33. The first-order valence-electron chi connectivity index (χ1n) is 9.82. The Bertz CT molecular complexity index is 827. The summed E-state index contributed by atoms with van der Waals surface area (Å²) >= 11 is 0. The molecule has 0 radical (unpaired) electrons. The summed E-state index contributed by atoms with van der Waals surface area (Å²) in [7, 11) is 0. The number of amides is 5. The normalized spacial score (nSPS) is 20.8. The summed E-state index contributed by atoms with van der Waals surface area (Å²) in [5.41, 5.74) is 0.270. The largest absolute Gasteiger partial charge is 0.326 e. The van der Waals surface area contributed by atoms with Crippen LogP contribution in [0.1, 0.15) is 44.9 Å². The minimum absolute atomic E-state index is 0.0133. The van der Waals surface area contributed by atoms with Crippen LogP contribution in [0.25, 0.3) is 0 Å². The van der Waals surface area contributed by atoms with Crippen molar-refractivity contribution in [1.29, 1.82) is 0 Å². The van der Waals surface area contributed by atoms with Crippen molar-refractivity contribution < 1.29 is 19.2 Å². The molecule has 5 amide bonds. The van der Waals surface area contributed by atoms with E-state index in [9.17, 15) is 19.2 Å². The predicted molar refractivity (Wildman–Crippen MR) is 102 cm³/mol. The Labute approximate surface area is 163 Å². The van der Waals surface area contributed by atoms with Gasteiger partial charge in [0.15, 0.2) is 0 Å². The molecule has 0 unspecified atom stereocenters. The Morgan fingerprint density at radius 2 is 1.75 bits per heavy atom. The van der Waals surface area contributed by atoms with Gasteiger partial charge in [0.25, 0.3) is 5.91 Å². The van der Waals surface area contributed by atoms with E-state index in [0.717, 1.165) is 37.0 Å². The second-order valence-corrected chi connectivity index (χ2v) is 7.86. The SMILES string of the molecule is O=C(CN1C(=O)NC2(CCCCC2)C1=O)Nc1cccc(NC(=O)C2CC2)c1. The van der Waals surface area contributed by atoms with E-state index in [1.807, 2.05) is 0 Å². The third-order valence-corrected chi connectivity index (χ3v) is 5.62. The summed E-state index contributed by atoms with van der Waals surface area (Å²) in [6.45, 7) is -0.328. The monoisotopic (exact) mass is 384 g/mol. The number of benzene rings is 1. The van der Waals surface area contributed by atoms with E-state index < -0.39 is 17.5 Å². The molecule has 1 saturated heterocycles. The molecule has 3 aliphatic rings. The molecule has 0 bridgehead atoms. The highest BCUT2D eigenvalue weighted by atomic mass is 16.2. The van der Waals surface area contributed by atoms with E-state index >= 15 is 0 Å². The smallest absolute Gasteiger partial charge is 0.325 e. The number of nitrogens with one attached hydrogen (secondary N) is 3. The Morgan fingerprint density at radius 3 is 2.43 bits per heavy atom. The summed E-state index contributed by atoms with van der Waals surface area (Å²) in [4.78, 5) is 50.3. The van der Waals surface area contributed by atoms with Crippen LogP contribution in [0, 0.1) is 5.92 Å². The molecule has 1 aromatic rings. The third-order valence-electron chi connectivity index (χ3n) is 5.62. The number of hydrogen-bond acceptors (Lipinski definition) is 4. The molecule has 8 heteroatoms. The number of carbonyl (C=O) groups is 4. The van der Waals surface area contributed by atoms with Crippen molar-refractivity contribution in [2.75, 3.05) is 17.2 Å². The van der Waals surface area contributed by atoms with E-state index in [1.54, 1.807) is 24.3 Å². The number of hydrogen-bond donors (Lipinski definition) is 3. The molecular weight excluding hydrogens is 360 g/mol. The first-order valence-corrected chi connectivity index (χ1v) is 9.82. The van der Waals surface area contributed by atoms with Crippen molar-refractivity contribution in [2.24, 2.45) is 5.92 Å². The van der Waals surface area contributed by atoms with Gasteiger partial charge < -0.3 is 16.0 Å². The topological polar surface area (TPSA) is 108 Å². The fourth-order valence-corrected chi connectivity index (χ4v) is 3.92. The van der Waals surface area contributed by atoms with Crippen LogP contribution in [-0.4, -0.2) is 40.7 Å². The van der Waals surface area contributed by atoms with Crippen LogP contribution in [0.4, 0.5) is 16.2 Å². The molecule has 1 aliphatic heterocycles. The zero-order chi connectivity index (χ0) is 19.7. The molecule has 28 heavy (non-hydrogen) atoms. The first kappa shape index (κ1) is 18.5. The maximum atomic E-state index is 12.7. The zero-order valence-electron chi connectivity index (χ0n) is 15.6. The van der Waals surface area contributed by atoms with Crippen LogP contribution < -0.4 is 16.0 Å². The third kappa shape index (κ3) is 3.72. The van der Waals surface area contributed by atoms with Crippen LogP contribution in [0.3, 0.4) is 0 Å². The fourth-order valence-electron chi connectivity index (χ4n) is 3.92. The number of carbonyl (C=O) groups excluding carboxylic acids is 4. The number of imide groups is 1. The molecule has 1 spiro atoms. The molecule has 4 rings (SSSR count). The molecule has 3 fully saturated rings. The van der Waals surface area contributed by atoms with Gasteiger partial charge in [-0.1, -0.05) is 25.3 Å². The van der Waals surface area contributed by atoms with Gasteiger partial charge in [-0.3, -0.25) is 19.3 Å². The van der Waals surface area contributed by atoms with Gasteiger partial charge in [-0.2, -0.15) is 0 Å². The molecule has 148 valence electrons. The first-order chi connectivity index (χ1) is 13.5. The van der Waals surface area contributed by atoms with E-state index in [4.69, 9.17) is 0 Å². The van der Waals surface area contributed by atoms with Crippen molar-refractivity contribution >= 4 is 35.1 Å². The number of urea groups is 1. The van der Waals surface area contributed by atoms with Gasteiger partial charge in [-0.25, -0.2) is 4.79 Å². The molecule has 0 aromatic heterocycles. The van der Waals surface area contributed by atoms with E-state index in [1.165, 1.54) is 0 Å². The Kier molecular flexibility index (Phi) is 4.78. The van der Waals surface area contributed by atoms with Crippen molar-refractivity contribution in [3.63, 3.8) is 0 Å².